The Labute approximate surface area is 163 Å². The van der Waals surface area contributed by atoms with Gasteiger partial charge in [0.05, 0.1) is 0 Å². The van der Waals surface area contributed by atoms with Crippen LogP contribution in [0.25, 0.3) is 0 Å². The maximum atomic E-state index is 8.06. The number of hydrogen-bond donors (Lipinski definition) is 3. The van der Waals surface area contributed by atoms with Crippen molar-refractivity contribution in [1.82, 2.24) is 0 Å². The number of allylic oxidation sites excluding steroid dienone is 4. The van der Waals surface area contributed by atoms with Crippen LogP contribution in [0.1, 0.15) is 48.0 Å². The number of rotatable bonds is 0. The van der Waals surface area contributed by atoms with Gasteiger partial charge >= 0.3 is 31.6 Å². The average Bonchev–Trinajstić information content (AvgIpc) is 2.68. The largest absolute Gasteiger partial charge is 0 e. The van der Waals surface area contributed by atoms with Crippen LogP contribution in [-0.2, 0) is 26.2 Å². The van der Waals surface area contributed by atoms with Crippen LogP contribution < -0.4 is 0 Å². The molecule has 0 saturated heterocycles. The van der Waals surface area contributed by atoms with Crippen molar-refractivity contribution in [3.63, 3.8) is 0 Å². The molecule has 0 aromatic carbocycles. The van der Waals surface area contributed by atoms with E-state index in [1.165, 1.54) is 0 Å². The molecule has 0 heterocycles. The zero-order valence-corrected chi connectivity index (χ0v) is 20.6. The molecule has 0 fully saturated rings. The molecule has 22 heavy (non-hydrogen) atoms. The van der Waals surface area contributed by atoms with Gasteiger partial charge in [-0.1, -0.05) is 0 Å². The van der Waals surface area contributed by atoms with Gasteiger partial charge in [0.15, 0.2) is 0 Å². The Hall–Kier alpha value is 0.786. The zero-order chi connectivity index (χ0) is 17.8. The molecular formula is C17H38GeO3Zr-. The van der Waals surface area contributed by atoms with Gasteiger partial charge in [-0.3, -0.25) is 6.08 Å². The van der Waals surface area contributed by atoms with Crippen LogP contribution in [0.15, 0.2) is 18.2 Å². The third kappa shape index (κ3) is 243. The summed E-state index contributed by atoms with van der Waals surface area (Å²) in [5.41, 5.74) is 0. The predicted octanol–water partition coefficient (Wildman–Crippen LogP) is 3.84. The molecule has 0 unspecified atom stereocenters. The fourth-order valence-corrected chi connectivity index (χ4v) is 0.340. The number of hydrogen-bond acceptors (Lipinski definition) is 3. The minimum absolute atomic E-state index is 0. The van der Waals surface area contributed by atoms with Crippen molar-refractivity contribution in [2.24, 2.45) is 0 Å². The second kappa shape index (κ2) is 29.8. The van der Waals surface area contributed by atoms with E-state index in [0.29, 0.717) is 0 Å². The first-order chi connectivity index (χ1) is 9.43. The first-order valence-electron chi connectivity index (χ1n) is 7.46. The fraction of sp³-hybridized carbons (Fsp3) is 0.765. The molecule has 0 atom stereocenters. The molecular weight excluding hydrogens is 416 g/mol. The van der Waals surface area contributed by atoms with Crippen LogP contribution in [0.5, 0.6) is 0 Å². The SMILES string of the molecule is CC(C)O.CC(C)O.CC(C)O.[C-]1=CC=CC1.[CH3][Ge]([CH3])[CH3].[Zr]. The van der Waals surface area contributed by atoms with E-state index < -0.39 is 0 Å². The molecule has 3 N–H and O–H groups in total. The molecule has 0 spiro atoms. The summed E-state index contributed by atoms with van der Waals surface area (Å²) in [6.45, 7) is 10.3. The molecule has 3 nitrogen and oxygen atoms in total. The van der Waals surface area contributed by atoms with Crippen LogP contribution in [-0.4, -0.2) is 48.0 Å². The third-order valence-electron chi connectivity index (χ3n) is 0.586. The van der Waals surface area contributed by atoms with Gasteiger partial charge in [0.25, 0.3) is 0 Å². The molecule has 0 aromatic heterocycles. The fourth-order valence-electron chi connectivity index (χ4n) is 0.340. The van der Waals surface area contributed by atoms with E-state index in [9.17, 15) is 0 Å². The van der Waals surface area contributed by atoms with E-state index in [4.69, 9.17) is 15.3 Å². The monoisotopic (exact) mass is 454 g/mol. The van der Waals surface area contributed by atoms with Gasteiger partial charge in [-0.15, -0.1) is 6.42 Å². The Morgan fingerprint density at radius 2 is 1.05 bits per heavy atom. The Morgan fingerprint density at radius 3 is 1.09 bits per heavy atom. The Morgan fingerprint density at radius 1 is 0.818 bits per heavy atom. The summed E-state index contributed by atoms with van der Waals surface area (Å²) in [7, 11) is 0. The molecule has 0 aliphatic heterocycles. The second-order valence-corrected chi connectivity index (χ2v) is 12.1. The van der Waals surface area contributed by atoms with E-state index >= 15 is 0 Å². The van der Waals surface area contributed by atoms with Crippen LogP contribution in [0.4, 0.5) is 0 Å². The van der Waals surface area contributed by atoms with Crippen LogP contribution in [0.3, 0.4) is 0 Å². The summed E-state index contributed by atoms with van der Waals surface area (Å²) in [5, 5.41) is 24.2. The molecule has 0 bridgehead atoms. The van der Waals surface area contributed by atoms with Crippen molar-refractivity contribution in [3.8, 4) is 0 Å². The van der Waals surface area contributed by atoms with E-state index in [2.05, 4.69) is 29.4 Å². The number of aliphatic hydroxyl groups excluding tert-OH is 3. The van der Waals surface area contributed by atoms with Gasteiger partial charge in [-0.2, -0.15) is 6.08 Å². The standard InChI is InChI=1S/C5H5.C3H9Ge.3C3H8O.Zr/c1-2-4-5-3-1;1-4(2)3;3*1-3(2)4;/h1-3H,4H2;1-3H3;3*3-4H,1-2H3;/q-1;;;;;. The summed E-state index contributed by atoms with van der Waals surface area (Å²) in [6.07, 6.45) is 9.50. The van der Waals surface area contributed by atoms with Gasteiger partial charge in [-0.05, 0) is 41.5 Å². The molecule has 5 heteroatoms. The van der Waals surface area contributed by atoms with Crippen LogP contribution in [0.2, 0.25) is 17.3 Å². The molecule has 0 aromatic rings. The average molecular weight is 454 g/mol. The minimum Gasteiger partial charge on any atom is 0 e. The molecule has 133 valence electrons. The van der Waals surface area contributed by atoms with Gasteiger partial charge in [-0.25, -0.2) is 12.2 Å². The number of aliphatic hydroxyl groups is 3. The molecule has 1 radical (unpaired) electrons. The zero-order valence-electron chi connectivity index (χ0n) is 16.0. The van der Waals surface area contributed by atoms with Crippen molar-refractivity contribution in [1.29, 1.82) is 0 Å². The smallest absolute Gasteiger partial charge is 0 e. The summed E-state index contributed by atoms with van der Waals surface area (Å²) in [6, 6.07) is 0. The van der Waals surface area contributed by atoms with Crippen molar-refractivity contribution in [2.75, 3.05) is 0 Å². The Balaban J connectivity index is -0.0000000544. The van der Waals surface area contributed by atoms with Gasteiger partial charge in [0, 0.05) is 44.5 Å². The van der Waals surface area contributed by atoms with Crippen molar-refractivity contribution >= 4 is 14.3 Å². The Kier molecular flexibility index (Phi) is 46.2. The summed E-state index contributed by atoms with van der Waals surface area (Å²) >= 11 is -0.333. The van der Waals surface area contributed by atoms with Crippen LogP contribution in [0, 0.1) is 6.08 Å². The summed E-state index contributed by atoms with van der Waals surface area (Å²) < 4.78 is 0. The summed E-state index contributed by atoms with van der Waals surface area (Å²) in [4.78, 5) is 0. The van der Waals surface area contributed by atoms with E-state index in [0.717, 1.165) is 6.42 Å². The van der Waals surface area contributed by atoms with E-state index in [1.54, 1.807) is 41.5 Å². The molecule has 1 aliphatic rings. The van der Waals surface area contributed by atoms with Crippen molar-refractivity contribution in [2.45, 2.75) is 83.5 Å². The topological polar surface area (TPSA) is 60.7 Å². The second-order valence-electron chi connectivity index (χ2n) is 5.78. The minimum atomic E-state index is -0.333. The van der Waals surface area contributed by atoms with Crippen LogP contribution >= 0.6 is 0 Å². The van der Waals surface area contributed by atoms with Gasteiger partial charge in [0.1, 0.15) is 0 Å². The quantitative estimate of drug-likeness (QED) is 0.385. The third-order valence-corrected chi connectivity index (χ3v) is 0.586. The molecule has 0 saturated carbocycles. The van der Waals surface area contributed by atoms with E-state index in [-0.39, 0.29) is 58.9 Å². The van der Waals surface area contributed by atoms with Gasteiger partial charge in [0.2, 0.25) is 0 Å². The first kappa shape index (κ1) is 34.2. The molecule has 1 aliphatic carbocycles. The van der Waals surface area contributed by atoms with Gasteiger partial charge < -0.3 is 15.3 Å². The predicted molar refractivity (Wildman–Crippen MR) is 97.0 cm³/mol. The van der Waals surface area contributed by atoms with Crippen molar-refractivity contribution in [3.05, 3.63) is 24.3 Å². The Bertz CT molecular complexity index is 171. The van der Waals surface area contributed by atoms with Crippen molar-refractivity contribution < 1.29 is 41.5 Å². The summed E-state index contributed by atoms with van der Waals surface area (Å²) in [5.74, 6) is 7.00. The molecule has 0 amide bonds. The maximum Gasteiger partial charge on any atom is 0 e. The van der Waals surface area contributed by atoms with E-state index in [1.807, 2.05) is 12.2 Å². The molecule has 1 rings (SSSR count). The normalized spacial score (nSPS) is 10.5. The maximum absolute atomic E-state index is 8.06. The first-order valence-corrected chi connectivity index (χ1v) is 13.8.